The first-order valence-electron chi connectivity index (χ1n) is 11.2. The van der Waals surface area contributed by atoms with Gasteiger partial charge in [-0.15, -0.1) is 0 Å². The molecule has 3 heterocycles. The summed E-state index contributed by atoms with van der Waals surface area (Å²) in [6.45, 7) is 5.16. The van der Waals surface area contributed by atoms with Crippen LogP contribution in [0.25, 0.3) is 0 Å². The molecule has 2 aromatic rings. The highest BCUT2D eigenvalue weighted by molar-refractivity contribution is 6.06. The third-order valence-corrected chi connectivity index (χ3v) is 6.56. The molecule has 0 spiro atoms. The Morgan fingerprint density at radius 2 is 1.88 bits per heavy atom. The third-order valence-electron chi connectivity index (χ3n) is 6.56. The summed E-state index contributed by atoms with van der Waals surface area (Å²) in [5.74, 6) is -0.982. The highest BCUT2D eigenvalue weighted by Crippen LogP contribution is 2.36. The molecule has 0 radical (unpaired) electrons. The van der Waals surface area contributed by atoms with Crippen molar-refractivity contribution in [3.05, 3.63) is 59.2 Å². The largest absolute Gasteiger partial charge is 0.326 e. The Morgan fingerprint density at radius 3 is 2.67 bits per heavy atom. The van der Waals surface area contributed by atoms with Crippen LogP contribution < -0.4 is 15.5 Å². The van der Waals surface area contributed by atoms with Crippen LogP contribution in [0.4, 0.5) is 16.2 Å². The predicted molar refractivity (Wildman–Crippen MR) is 123 cm³/mol. The fraction of sp³-hybridized carbons (Fsp3) is 0.360. The molecule has 1 unspecified atom stereocenters. The number of piperidine rings is 1. The second-order valence-corrected chi connectivity index (χ2v) is 9.76. The number of nitrogens with one attached hydrogen (secondary N) is 2. The summed E-state index contributed by atoms with van der Waals surface area (Å²) in [5, 5.41) is 5.28. The molecule has 3 aliphatic heterocycles. The van der Waals surface area contributed by atoms with Crippen molar-refractivity contribution in [2.24, 2.45) is 5.41 Å². The van der Waals surface area contributed by atoms with Crippen molar-refractivity contribution >= 4 is 35.1 Å². The fourth-order valence-corrected chi connectivity index (χ4v) is 5.03. The zero-order chi connectivity index (χ0) is 23.3. The third kappa shape index (κ3) is 3.86. The van der Waals surface area contributed by atoms with E-state index < -0.39 is 11.9 Å². The average molecular weight is 447 g/mol. The lowest BCUT2D eigenvalue weighted by molar-refractivity contribution is -0.136. The second kappa shape index (κ2) is 7.72. The zero-order valence-corrected chi connectivity index (χ0v) is 18.7. The minimum absolute atomic E-state index is 0.0432. The van der Waals surface area contributed by atoms with E-state index in [0.717, 1.165) is 23.2 Å². The number of amides is 5. The zero-order valence-electron chi connectivity index (χ0n) is 18.7. The van der Waals surface area contributed by atoms with Gasteiger partial charge in [0, 0.05) is 36.4 Å². The van der Waals surface area contributed by atoms with Crippen molar-refractivity contribution in [2.45, 2.75) is 45.7 Å². The van der Waals surface area contributed by atoms with Crippen molar-refractivity contribution in [3.63, 3.8) is 0 Å². The van der Waals surface area contributed by atoms with Gasteiger partial charge in [-0.1, -0.05) is 32.0 Å². The normalized spacial score (nSPS) is 21.4. The van der Waals surface area contributed by atoms with Crippen LogP contribution in [-0.4, -0.2) is 41.2 Å². The predicted octanol–water partition coefficient (Wildman–Crippen LogP) is 3.07. The van der Waals surface area contributed by atoms with E-state index in [4.69, 9.17) is 0 Å². The summed E-state index contributed by atoms with van der Waals surface area (Å²) in [6, 6.07) is 12.2. The first-order valence-corrected chi connectivity index (χ1v) is 11.2. The molecule has 1 saturated heterocycles. The Hall–Kier alpha value is -3.68. The van der Waals surface area contributed by atoms with E-state index in [9.17, 15) is 19.2 Å². The standard InChI is InChI=1S/C25H26N4O4/c1-25(2)12-15-5-3-4-6-19(15)29(14-25)24(33)26-17-7-8-18-16(11-17)13-28(23(18)32)20-9-10-21(30)27-22(20)31/h3-8,11,20H,9-10,12-14H2,1-2H3,(H,26,33)(H,27,30,31). The lowest BCUT2D eigenvalue weighted by atomic mass is 9.81. The lowest BCUT2D eigenvalue weighted by Crippen LogP contribution is -2.52. The lowest BCUT2D eigenvalue weighted by Gasteiger charge is -2.39. The Labute approximate surface area is 191 Å². The number of imide groups is 1. The summed E-state index contributed by atoms with van der Waals surface area (Å²) in [4.78, 5) is 53.1. The van der Waals surface area contributed by atoms with Gasteiger partial charge in [0.05, 0.1) is 0 Å². The maximum Gasteiger partial charge on any atom is 0.326 e. The van der Waals surface area contributed by atoms with Crippen LogP contribution in [-0.2, 0) is 22.6 Å². The molecule has 0 saturated carbocycles. The van der Waals surface area contributed by atoms with E-state index in [2.05, 4.69) is 30.5 Å². The topological polar surface area (TPSA) is 98.8 Å². The van der Waals surface area contributed by atoms with Gasteiger partial charge in [0.25, 0.3) is 5.91 Å². The maximum atomic E-state index is 13.2. The van der Waals surface area contributed by atoms with E-state index >= 15 is 0 Å². The molecule has 8 nitrogen and oxygen atoms in total. The number of rotatable bonds is 2. The first kappa shape index (κ1) is 21.2. The molecule has 2 N–H and O–H groups in total. The van der Waals surface area contributed by atoms with Crippen LogP contribution >= 0.6 is 0 Å². The minimum atomic E-state index is -0.660. The Kier molecular flexibility index (Phi) is 4.96. The molecule has 0 bridgehead atoms. The number of para-hydroxylation sites is 1. The van der Waals surface area contributed by atoms with Gasteiger partial charge in [-0.05, 0) is 53.6 Å². The molecule has 5 amide bonds. The van der Waals surface area contributed by atoms with Crippen LogP contribution in [0.15, 0.2) is 42.5 Å². The Morgan fingerprint density at radius 1 is 1.09 bits per heavy atom. The molecule has 2 aromatic carbocycles. The number of nitrogens with zero attached hydrogens (tertiary/aromatic N) is 2. The quantitative estimate of drug-likeness (QED) is 0.693. The number of hydrogen-bond donors (Lipinski definition) is 2. The number of anilines is 2. The monoisotopic (exact) mass is 446 g/mol. The summed E-state index contributed by atoms with van der Waals surface area (Å²) in [7, 11) is 0. The smallest absolute Gasteiger partial charge is 0.322 e. The van der Waals surface area contributed by atoms with E-state index in [1.54, 1.807) is 23.1 Å². The van der Waals surface area contributed by atoms with E-state index in [-0.39, 0.29) is 36.2 Å². The molecule has 33 heavy (non-hydrogen) atoms. The van der Waals surface area contributed by atoms with Crippen LogP contribution in [0, 0.1) is 5.41 Å². The van der Waals surface area contributed by atoms with Gasteiger partial charge in [0.2, 0.25) is 11.8 Å². The molecule has 8 heteroatoms. The summed E-state index contributed by atoms with van der Waals surface area (Å²) in [5.41, 5.74) is 3.87. The Bertz CT molecular complexity index is 1190. The first-order chi connectivity index (χ1) is 15.7. The number of carbonyl (C=O) groups excluding carboxylic acids is 4. The van der Waals surface area contributed by atoms with E-state index in [1.165, 1.54) is 4.90 Å². The van der Waals surface area contributed by atoms with Gasteiger partial charge >= 0.3 is 6.03 Å². The van der Waals surface area contributed by atoms with Gasteiger partial charge in [-0.3, -0.25) is 24.6 Å². The van der Waals surface area contributed by atoms with Crippen LogP contribution in [0.3, 0.4) is 0 Å². The summed E-state index contributed by atoms with van der Waals surface area (Å²) < 4.78 is 0. The van der Waals surface area contributed by atoms with Crippen LogP contribution in [0.1, 0.15) is 48.2 Å². The van der Waals surface area contributed by atoms with E-state index in [0.29, 0.717) is 24.2 Å². The van der Waals surface area contributed by atoms with Gasteiger partial charge in [0.1, 0.15) is 6.04 Å². The fourth-order valence-electron chi connectivity index (χ4n) is 5.03. The molecule has 0 aliphatic carbocycles. The molecular weight excluding hydrogens is 420 g/mol. The molecule has 5 rings (SSSR count). The van der Waals surface area contributed by atoms with Crippen molar-refractivity contribution < 1.29 is 19.2 Å². The van der Waals surface area contributed by atoms with Gasteiger partial charge in [-0.25, -0.2) is 4.79 Å². The number of carbonyl (C=O) groups is 4. The minimum Gasteiger partial charge on any atom is -0.322 e. The average Bonchev–Trinajstić information content (AvgIpc) is 3.08. The number of benzene rings is 2. The van der Waals surface area contributed by atoms with Crippen LogP contribution in [0.2, 0.25) is 0 Å². The summed E-state index contributed by atoms with van der Waals surface area (Å²) >= 11 is 0. The highest BCUT2D eigenvalue weighted by Gasteiger charge is 2.39. The second-order valence-electron chi connectivity index (χ2n) is 9.76. The van der Waals surface area contributed by atoms with Crippen LogP contribution in [0.5, 0.6) is 0 Å². The van der Waals surface area contributed by atoms with Gasteiger partial charge in [0.15, 0.2) is 0 Å². The van der Waals surface area contributed by atoms with Crippen molar-refractivity contribution in [2.75, 3.05) is 16.8 Å². The van der Waals surface area contributed by atoms with Gasteiger partial charge in [-0.2, -0.15) is 0 Å². The van der Waals surface area contributed by atoms with Gasteiger partial charge < -0.3 is 10.2 Å². The molecule has 3 aliphatic rings. The maximum absolute atomic E-state index is 13.2. The molecular formula is C25H26N4O4. The summed E-state index contributed by atoms with van der Waals surface area (Å²) in [6.07, 6.45) is 1.44. The Balaban J connectivity index is 1.34. The number of fused-ring (bicyclic) bond motifs is 2. The molecule has 170 valence electrons. The number of urea groups is 1. The molecule has 1 fully saturated rings. The van der Waals surface area contributed by atoms with Crippen molar-refractivity contribution in [3.8, 4) is 0 Å². The van der Waals surface area contributed by atoms with Crippen molar-refractivity contribution in [1.29, 1.82) is 0 Å². The van der Waals surface area contributed by atoms with E-state index in [1.807, 2.05) is 18.2 Å². The number of hydrogen-bond acceptors (Lipinski definition) is 4. The van der Waals surface area contributed by atoms with Crippen molar-refractivity contribution in [1.82, 2.24) is 10.2 Å². The SMILES string of the molecule is CC1(C)Cc2ccccc2N(C(=O)Nc2ccc3c(c2)CN(C2CCC(=O)NC2=O)C3=O)C1. The molecule has 0 aromatic heterocycles. The highest BCUT2D eigenvalue weighted by atomic mass is 16.2. The molecule has 1 atom stereocenters.